The summed E-state index contributed by atoms with van der Waals surface area (Å²) >= 11 is 5.54. The molecule has 2 atom stereocenters. The highest BCUT2D eigenvalue weighted by Gasteiger charge is 2.69. The van der Waals surface area contributed by atoms with E-state index in [1.807, 2.05) is 0 Å². The van der Waals surface area contributed by atoms with Crippen molar-refractivity contribution in [3.05, 3.63) is 35.2 Å². The summed E-state index contributed by atoms with van der Waals surface area (Å²) in [6, 6.07) is 2.88. The van der Waals surface area contributed by atoms with Crippen molar-refractivity contribution in [2.75, 3.05) is 11.4 Å². The molecule has 2 heterocycles. The monoisotopic (exact) mass is 461 g/mol. The van der Waals surface area contributed by atoms with Crippen LogP contribution in [0, 0.1) is 6.57 Å². The molecule has 1 spiro atoms. The van der Waals surface area contributed by atoms with Crippen molar-refractivity contribution in [3.63, 3.8) is 0 Å². The molecule has 12 heteroatoms. The summed E-state index contributed by atoms with van der Waals surface area (Å²) in [6.45, 7) is 10.3. The number of carbonyl (C=O) groups excluding carboxylic acids is 1. The van der Waals surface area contributed by atoms with Crippen molar-refractivity contribution in [2.45, 2.75) is 50.2 Å². The SMILES string of the molecule is [C-]#[N+]c1ccc(N2C(=O)C(C)(C)[N+]3(CCCCC3S(N)(=O)=O)C2=S)cc1C(F)(F)F. The number of hydrogen-bond acceptors (Lipinski definition) is 4. The molecule has 1 aromatic rings. The number of nitrogens with zero attached hydrogens (tertiary/aromatic N) is 3. The zero-order valence-corrected chi connectivity index (χ0v) is 17.9. The number of piperidine rings is 1. The van der Waals surface area contributed by atoms with Gasteiger partial charge in [0.1, 0.15) is 0 Å². The van der Waals surface area contributed by atoms with E-state index in [0.717, 1.165) is 11.0 Å². The summed E-state index contributed by atoms with van der Waals surface area (Å²) in [5.41, 5.74) is -3.31. The van der Waals surface area contributed by atoms with E-state index >= 15 is 0 Å². The van der Waals surface area contributed by atoms with Gasteiger partial charge in [-0.05, 0) is 25.0 Å². The standard InChI is InChI=1S/C18H20F3N4O3S2/c1-17(2)15(26)24(11-7-8-13(23-3)12(10-11)18(19,20)21)16(29)25(17)9-5-4-6-14(25)30(22,27)28/h7-8,10,14H,4-6,9H2,1-2H3,(H2,22,27,28)/q+1. The number of rotatable bonds is 2. The third-order valence-corrected chi connectivity index (χ3v) is 7.87. The molecule has 1 aromatic carbocycles. The van der Waals surface area contributed by atoms with E-state index in [2.05, 4.69) is 4.85 Å². The van der Waals surface area contributed by atoms with Gasteiger partial charge in [-0.1, -0.05) is 6.07 Å². The normalized spacial score (nSPS) is 26.8. The van der Waals surface area contributed by atoms with Crippen molar-refractivity contribution in [3.8, 4) is 0 Å². The molecule has 2 unspecified atom stereocenters. The summed E-state index contributed by atoms with van der Waals surface area (Å²) in [5, 5.41) is 4.20. The van der Waals surface area contributed by atoms with Gasteiger partial charge in [-0.2, -0.15) is 13.2 Å². The third-order valence-electron chi connectivity index (χ3n) is 6.00. The van der Waals surface area contributed by atoms with Gasteiger partial charge in [0.2, 0.25) is 5.37 Å². The number of amides is 1. The molecule has 2 aliphatic heterocycles. The van der Waals surface area contributed by atoms with Crippen molar-refractivity contribution in [2.24, 2.45) is 5.14 Å². The minimum Gasteiger partial charge on any atom is -0.267 e. The number of thiocarbonyl (C=S) groups is 1. The maximum Gasteiger partial charge on any atom is 0.407 e. The number of sulfonamides is 1. The van der Waals surface area contributed by atoms with Gasteiger partial charge in [0.05, 0.1) is 24.4 Å². The molecule has 1 amide bonds. The van der Waals surface area contributed by atoms with Gasteiger partial charge in [0.25, 0.3) is 21.0 Å². The maximum absolute atomic E-state index is 13.4. The van der Waals surface area contributed by atoms with Gasteiger partial charge in [-0.3, -0.25) is 4.79 Å². The maximum atomic E-state index is 13.4. The molecular weight excluding hydrogens is 441 g/mol. The predicted octanol–water partition coefficient (Wildman–Crippen LogP) is 3.28. The first-order chi connectivity index (χ1) is 13.7. The van der Waals surface area contributed by atoms with Crippen LogP contribution in [-0.4, -0.2) is 41.4 Å². The molecule has 0 radical (unpaired) electrons. The van der Waals surface area contributed by atoms with Gasteiger partial charge >= 0.3 is 6.18 Å². The lowest BCUT2D eigenvalue weighted by Gasteiger charge is -2.48. The first kappa shape index (κ1) is 22.6. The molecular formula is C18H20F3N4O3S2+. The number of alkyl halides is 3. The van der Waals surface area contributed by atoms with Crippen molar-refractivity contribution in [1.82, 2.24) is 0 Å². The first-order valence-corrected chi connectivity index (χ1v) is 11.1. The smallest absolute Gasteiger partial charge is 0.267 e. The van der Waals surface area contributed by atoms with Gasteiger partial charge in [-0.15, -0.1) is 0 Å². The number of halogens is 3. The van der Waals surface area contributed by atoms with E-state index < -0.39 is 48.8 Å². The number of carbonyl (C=O) groups is 1. The molecule has 2 fully saturated rings. The van der Waals surface area contributed by atoms with Gasteiger partial charge < -0.3 is 0 Å². The molecule has 0 aromatic heterocycles. The fraction of sp³-hybridized carbons (Fsp3) is 0.500. The van der Waals surface area contributed by atoms with Crippen LogP contribution in [0.15, 0.2) is 18.2 Å². The zero-order valence-electron chi connectivity index (χ0n) is 16.2. The number of anilines is 1. The van der Waals surface area contributed by atoms with Gasteiger partial charge in [0.15, 0.2) is 11.2 Å². The highest BCUT2D eigenvalue weighted by atomic mass is 32.2. The Morgan fingerprint density at radius 3 is 2.50 bits per heavy atom. The summed E-state index contributed by atoms with van der Waals surface area (Å²) < 4.78 is 64.7. The van der Waals surface area contributed by atoms with Crippen LogP contribution in [0.25, 0.3) is 4.85 Å². The minimum atomic E-state index is -4.81. The molecule has 0 saturated carbocycles. The molecule has 162 valence electrons. The topological polar surface area (TPSA) is 84.8 Å². The Labute approximate surface area is 177 Å². The number of nitrogens with two attached hydrogens (primary N) is 1. The van der Waals surface area contributed by atoms with Crippen LogP contribution in [-0.2, 0) is 21.0 Å². The van der Waals surface area contributed by atoms with Crippen molar-refractivity contribution >= 4 is 44.6 Å². The molecule has 0 aliphatic carbocycles. The Balaban J connectivity index is 2.22. The highest BCUT2D eigenvalue weighted by Crippen LogP contribution is 2.47. The van der Waals surface area contributed by atoms with Crippen LogP contribution in [0.1, 0.15) is 38.7 Å². The zero-order chi connectivity index (χ0) is 22.7. The average molecular weight is 462 g/mol. The lowest BCUT2D eigenvalue weighted by atomic mass is 9.95. The Kier molecular flexibility index (Phi) is 5.26. The second kappa shape index (κ2) is 6.98. The number of primary sulfonamides is 1. The molecule has 30 heavy (non-hydrogen) atoms. The number of benzene rings is 1. The van der Waals surface area contributed by atoms with E-state index in [9.17, 15) is 26.4 Å². The van der Waals surface area contributed by atoms with E-state index in [0.29, 0.717) is 18.9 Å². The predicted molar refractivity (Wildman–Crippen MR) is 108 cm³/mol. The van der Waals surface area contributed by atoms with Gasteiger partial charge in [0, 0.05) is 32.5 Å². The van der Waals surface area contributed by atoms with Gasteiger partial charge in [-0.25, -0.2) is 27.8 Å². The lowest BCUT2D eigenvalue weighted by Crippen LogP contribution is -2.71. The second-order valence-electron chi connectivity index (χ2n) is 7.93. The number of hydrogen-bond donors (Lipinski definition) is 1. The van der Waals surface area contributed by atoms with E-state index in [-0.39, 0.29) is 23.8 Å². The minimum absolute atomic E-state index is 0.104. The van der Waals surface area contributed by atoms with Crippen LogP contribution in [0.5, 0.6) is 0 Å². The Morgan fingerprint density at radius 1 is 1.33 bits per heavy atom. The Morgan fingerprint density at radius 2 is 1.97 bits per heavy atom. The van der Waals surface area contributed by atoms with Crippen molar-refractivity contribution < 1.29 is 30.9 Å². The highest BCUT2D eigenvalue weighted by molar-refractivity contribution is 7.89. The Bertz CT molecular complexity index is 1080. The lowest BCUT2D eigenvalue weighted by molar-refractivity contribution is -0.889. The molecule has 0 bridgehead atoms. The molecule has 2 aliphatic rings. The van der Waals surface area contributed by atoms with Crippen LogP contribution < -0.4 is 10.0 Å². The summed E-state index contributed by atoms with van der Waals surface area (Å²) in [6.07, 6.45) is -3.46. The molecule has 2 N–H and O–H groups in total. The summed E-state index contributed by atoms with van der Waals surface area (Å²) in [4.78, 5) is 17.2. The quantitative estimate of drug-likeness (QED) is 0.416. The van der Waals surface area contributed by atoms with Crippen LogP contribution in [0.2, 0.25) is 0 Å². The van der Waals surface area contributed by atoms with Crippen molar-refractivity contribution in [1.29, 1.82) is 0 Å². The fourth-order valence-corrected chi connectivity index (χ4v) is 6.65. The average Bonchev–Trinajstić information content (AvgIpc) is 2.78. The Hall–Kier alpha value is -2.07. The van der Waals surface area contributed by atoms with Crippen LogP contribution in [0.4, 0.5) is 24.5 Å². The second-order valence-corrected chi connectivity index (χ2v) is 10.0. The van der Waals surface area contributed by atoms with Crippen LogP contribution in [0.3, 0.4) is 0 Å². The van der Waals surface area contributed by atoms with E-state index in [1.165, 1.54) is 19.9 Å². The van der Waals surface area contributed by atoms with E-state index in [1.54, 1.807) is 0 Å². The fourth-order valence-electron chi connectivity index (χ4n) is 4.48. The van der Waals surface area contributed by atoms with E-state index in [4.69, 9.17) is 23.9 Å². The third kappa shape index (κ3) is 3.11. The van der Waals surface area contributed by atoms with Crippen LogP contribution >= 0.6 is 12.2 Å². The molecule has 3 rings (SSSR count). The largest absolute Gasteiger partial charge is 0.407 e. The number of quaternary nitrogens is 1. The molecule has 2 saturated heterocycles. The summed E-state index contributed by atoms with van der Waals surface area (Å²) in [7, 11) is -4.11. The summed E-state index contributed by atoms with van der Waals surface area (Å²) in [5.74, 6) is -0.619. The molecule has 7 nitrogen and oxygen atoms in total. The first-order valence-electron chi connectivity index (χ1n) is 9.07.